The quantitative estimate of drug-likeness (QED) is 0.135. The van der Waals surface area contributed by atoms with Crippen LogP contribution in [0.5, 0.6) is 0 Å². The normalized spacial score (nSPS) is 11.3. The van der Waals surface area contributed by atoms with Crippen LogP contribution in [-0.4, -0.2) is 13.0 Å². The van der Waals surface area contributed by atoms with Gasteiger partial charge in [0, 0.05) is 25.1 Å². The number of thioether (sulfide) groups is 1. The van der Waals surface area contributed by atoms with E-state index in [4.69, 9.17) is 11.1 Å². The fraction of sp³-hybridized carbons (Fsp3) is 0.0652. The van der Waals surface area contributed by atoms with E-state index < -0.39 is 0 Å². The molecule has 0 fully saturated rings. The van der Waals surface area contributed by atoms with Gasteiger partial charge in [0.2, 0.25) is 0 Å². The van der Waals surface area contributed by atoms with E-state index in [1.807, 2.05) is 17.4 Å². The van der Waals surface area contributed by atoms with Gasteiger partial charge in [0.05, 0.1) is 6.04 Å². The predicted octanol–water partition coefficient (Wildman–Crippen LogP) is 13.1. The zero-order valence-corrected chi connectivity index (χ0v) is 30.0. The zero-order chi connectivity index (χ0) is 34.9. The van der Waals surface area contributed by atoms with Crippen LogP contribution in [0.15, 0.2) is 175 Å². The van der Waals surface area contributed by atoms with Crippen LogP contribution in [0.3, 0.4) is 0 Å². The summed E-state index contributed by atoms with van der Waals surface area (Å²) in [5.74, 6) is 0. The van der Waals surface area contributed by atoms with Crippen LogP contribution in [0.2, 0.25) is 0 Å². The van der Waals surface area contributed by atoms with E-state index in [2.05, 4.69) is 184 Å². The molecule has 8 rings (SSSR count). The molecule has 1 heterocycles. The maximum Gasteiger partial charge on any atom is 0.0552 e. The lowest BCUT2D eigenvalue weighted by Gasteiger charge is -2.14. The van der Waals surface area contributed by atoms with Gasteiger partial charge in [-0.2, -0.15) is 0 Å². The molecule has 2 nitrogen and oxygen atoms in total. The molecule has 7 aromatic carbocycles. The highest BCUT2D eigenvalue weighted by Crippen LogP contribution is 2.36. The lowest BCUT2D eigenvalue weighted by atomic mass is 9.96. The summed E-state index contributed by atoms with van der Waals surface area (Å²) in [4.78, 5) is 1.29. The second-order valence-electron chi connectivity index (χ2n) is 12.0. The third-order valence-electron chi connectivity index (χ3n) is 8.80. The molecule has 1 unspecified atom stereocenters. The van der Waals surface area contributed by atoms with Gasteiger partial charge in [0.15, 0.2) is 0 Å². The number of hydrogen-bond donors (Lipinski definition) is 2. The van der Waals surface area contributed by atoms with Gasteiger partial charge in [0.25, 0.3) is 0 Å². The molecule has 0 bridgehead atoms. The van der Waals surface area contributed by atoms with E-state index in [1.54, 1.807) is 11.8 Å². The monoisotopic (exact) mass is 684 g/mol. The fourth-order valence-corrected chi connectivity index (χ4v) is 7.91. The summed E-state index contributed by atoms with van der Waals surface area (Å²) in [5.41, 5.74) is 17.8. The Morgan fingerprint density at radius 1 is 0.520 bits per heavy atom. The molecule has 0 aliphatic carbocycles. The minimum absolute atomic E-state index is 0.130. The van der Waals surface area contributed by atoms with Gasteiger partial charge >= 0.3 is 0 Å². The Bertz CT molecular complexity index is 2310. The van der Waals surface area contributed by atoms with Gasteiger partial charge in [0.1, 0.15) is 0 Å². The SMILES string of the molecule is C=N.CSc1ccccc1-c1ccc(C(N)c2ccc3c(c2)sc2ccccc23)cc1.Cc1ccc(-c2cccc(-c3ccccc3)c2)cc1. The summed E-state index contributed by atoms with van der Waals surface area (Å²) in [6, 6.07) is 60.2. The van der Waals surface area contributed by atoms with Crippen molar-refractivity contribution in [3.05, 3.63) is 187 Å². The number of rotatable bonds is 6. The minimum atomic E-state index is -0.130. The Hall–Kier alpha value is -5.26. The molecule has 0 aliphatic rings. The third-order valence-corrected chi connectivity index (χ3v) is 10.7. The second-order valence-corrected chi connectivity index (χ2v) is 13.9. The number of benzene rings is 7. The van der Waals surface area contributed by atoms with Crippen molar-refractivity contribution in [2.75, 3.05) is 6.26 Å². The number of fused-ring (bicyclic) bond motifs is 3. The van der Waals surface area contributed by atoms with Crippen molar-refractivity contribution >= 4 is 50.0 Å². The van der Waals surface area contributed by atoms with Crippen LogP contribution in [0.25, 0.3) is 53.6 Å². The van der Waals surface area contributed by atoms with Gasteiger partial charge in [-0.1, -0.05) is 151 Å². The highest BCUT2D eigenvalue weighted by Gasteiger charge is 2.13. The Labute approximate surface area is 303 Å². The van der Waals surface area contributed by atoms with E-state index in [9.17, 15) is 0 Å². The topological polar surface area (TPSA) is 49.9 Å². The molecular weight excluding hydrogens is 645 g/mol. The van der Waals surface area contributed by atoms with Gasteiger partial charge in [-0.25, -0.2) is 0 Å². The zero-order valence-electron chi connectivity index (χ0n) is 28.3. The van der Waals surface area contributed by atoms with E-state index in [0.717, 1.165) is 11.1 Å². The Balaban J connectivity index is 0.000000178. The van der Waals surface area contributed by atoms with Crippen molar-refractivity contribution in [3.8, 4) is 33.4 Å². The minimum Gasteiger partial charge on any atom is -0.320 e. The molecule has 0 saturated heterocycles. The molecule has 0 saturated carbocycles. The van der Waals surface area contributed by atoms with Gasteiger partial charge in [-0.05, 0) is 88.7 Å². The average molecular weight is 685 g/mol. The first kappa shape index (κ1) is 34.6. The van der Waals surface area contributed by atoms with E-state index in [-0.39, 0.29) is 6.04 Å². The summed E-state index contributed by atoms with van der Waals surface area (Å²) < 4.78 is 2.62. The van der Waals surface area contributed by atoms with E-state index in [1.165, 1.54) is 64.0 Å². The number of aryl methyl sites for hydroxylation is 1. The first-order valence-corrected chi connectivity index (χ1v) is 18.6. The van der Waals surface area contributed by atoms with Crippen LogP contribution >= 0.6 is 23.1 Å². The summed E-state index contributed by atoms with van der Waals surface area (Å²) in [6.45, 7) is 4.62. The van der Waals surface area contributed by atoms with Crippen LogP contribution in [-0.2, 0) is 0 Å². The molecule has 50 heavy (non-hydrogen) atoms. The van der Waals surface area contributed by atoms with Crippen molar-refractivity contribution in [1.82, 2.24) is 0 Å². The van der Waals surface area contributed by atoms with Crippen molar-refractivity contribution in [1.29, 1.82) is 5.41 Å². The molecular formula is C46H40N2S2. The molecule has 0 amide bonds. The molecule has 246 valence electrons. The first-order chi connectivity index (χ1) is 24.6. The second kappa shape index (κ2) is 16.4. The van der Waals surface area contributed by atoms with Crippen molar-refractivity contribution in [2.45, 2.75) is 17.9 Å². The highest BCUT2D eigenvalue weighted by molar-refractivity contribution is 7.98. The number of nitrogens with two attached hydrogens (primary N) is 1. The number of hydrogen-bond acceptors (Lipinski definition) is 4. The standard InChI is InChI=1S/C26H21NS2.C19H16.CH3N/c1-28-23-8-4-2-6-20(23)17-10-12-18(13-11-17)26(27)19-14-15-22-21-7-3-5-9-24(21)29-25(22)16-19;1-15-10-12-17(13-11-15)19-9-5-8-18(14-19)16-6-3-2-4-7-16;1-2/h2-16,26H,27H2,1H3;2-14H,1H3;2H,1H2. The predicted molar refractivity (Wildman–Crippen MR) is 221 cm³/mol. The molecule has 8 aromatic rings. The summed E-state index contributed by atoms with van der Waals surface area (Å²) in [6.07, 6.45) is 2.12. The van der Waals surface area contributed by atoms with E-state index in [0.29, 0.717) is 0 Å². The summed E-state index contributed by atoms with van der Waals surface area (Å²) in [7, 11) is 0. The molecule has 1 atom stereocenters. The number of thiophene rings is 1. The average Bonchev–Trinajstić information content (AvgIpc) is 3.57. The maximum atomic E-state index is 6.65. The molecule has 0 spiro atoms. The van der Waals surface area contributed by atoms with Crippen molar-refractivity contribution in [2.24, 2.45) is 5.73 Å². The van der Waals surface area contributed by atoms with Crippen LogP contribution < -0.4 is 5.73 Å². The largest absolute Gasteiger partial charge is 0.320 e. The van der Waals surface area contributed by atoms with E-state index >= 15 is 0 Å². The smallest absolute Gasteiger partial charge is 0.0552 e. The van der Waals surface area contributed by atoms with Crippen LogP contribution in [0.1, 0.15) is 22.7 Å². The lowest BCUT2D eigenvalue weighted by molar-refractivity contribution is 0.874. The van der Waals surface area contributed by atoms with Gasteiger partial charge in [-0.15, -0.1) is 23.1 Å². The molecule has 0 aliphatic heterocycles. The fourth-order valence-electron chi connectivity index (χ4n) is 6.14. The molecule has 3 N–H and O–H groups in total. The van der Waals surface area contributed by atoms with Gasteiger partial charge in [-0.3, -0.25) is 0 Å². The Morgan fingerprint density at radius 2 is 1.08 bits per heavy atom. The molecule has 0 radical (unpaired) electrons. The summed E-state index contributed by atoms with van der Waals surface area (Å²) in [5, 5.41) is 8.13. The molecule has 1 aromatic heterocycles. The van der Waals surface area contributed by atoms with Crippen LogP contribution in [0, 0.1) is 12.3 Å². The maximum absolute atomic E-state index is 6.65. The molecule has 4 heteroatoms. The van der Waals surface area contributed by atoms with Crippen molar-refractivity contribution < 1.29 is 0 Å². The highest BCUT2D eigenvalue weighted by atomic mass is 32.2. The summed E-state index contributed by atoms with van der Waals surface area (Å²) >= 11 is 3.61. The lowest BCUT2D eigenvalue weighted by Crippen LogP contribution is -2.11. The first-order valence-electron chi connectivity index (χ1n) is 16.6. The Morgan fingerprint density at radius 3 is 1.80 bits per heavy atom. The Kier molecular flexibility index (Phi) is 11.4. The van der Waals surface area contributed by atoms with Crippen LogP contribution in [0.4, 0.5) is 0 Å². The van der Waals surface area contributed by atoms with Crippen molar-refractivity contribution in [3.63, 3.8) is 0 Å². The third kappa shape index (κ3) is 7.79. The number of nitrogens with one attached hydrogen (secondary N) is 1. The van der Waals surface area contributed by atoms with Gasteiger partial charge < -0.3 is 11.1 Å².